The summed E-state index contributed by atoms with van der Waals surface area (Å²) in [6.45, 7) is 15.3. The normalized spacial score (nSPS) is 15.1. The maximum absolute atomic E-state index is 12.6. The minimum absolute atomic E-state index is 0.0512. The van der Waals surface area contributed by atoms with Crippen molar-refractivity contribution in [3.05, 3.63) is 58.7 Å². The molecule has 0 saturated carbocycles. The largest absolute Gasteiger partial charge is 0.527 e. The van der Waals surface area contributed by atoms with Gasteiger partial charge in [-0.15, -0.1) is 0 Å². The Morgan fingerprint density at radius 2 is 0.846 bits per heavy atom. The Morgan fingerprint density at radius 1 is 0.564 bits per heavy atom. The van der Waals surface area contributed by atoms with Gasteiger partial charge >= 0.3 is 15.6 Å². The van der Waals surface area contributed by atoms with E-state index >= 15 is 0 Å². The van der Waals surface area contributed by atoms with Gasteiger partial charge in [-0.1, -0.05) is 91.8 Å². The van der Waals surface area contributed by atoms with E-state index in [1.54, 1.807) is 0 Å². The number of ether oxygens (including phenoxy) is 1. The molecule has 2 atom stereocenters. The standard InChI is InChI=1S/C28H44O9P2/c1-19(2)23-11-9-12-24(20(3)4)27(23)36-38(29,30)34-17-15-33-16-18-35-39(31,32)37-28-25(21(5)6)13-10-14-26(28)22(7)8/h9-14,19-22H,15-18H2,1-8H3,(H,29,30)(H,31,32). The van der Waals surface area contributed by atoms with Crippen LogP contribution in [0.25, 0.3) is 0 Å². The second-order valence-corrected chi connectivity index (χ2v) is 13.3. The van der Waals surface area contributed by atoms with Crippen molar-refractivity contribution in [3.63, 3.8) is 0 Å². The first kappa shape index (κ1) is 33.5. The number of phosphoric acid groups is 2. The van der Waals surface area contributed by atoms with Gasteiger partial charge in [0, 0.05) is 0 Å². The topological polar surface area (TPSA) is 121 Å². The summed E-state index contributed by atoms with van der Waals surface area (Å²) >= 11 is 0. The fraction of sp³-hybridized carbons (Fsp3) is 0.571. The molecule has 0 aromatic heterocycles. The molecule has 2 rings (SSSR count). The van der Waals surface area contributed by atoms with E-state index in [0.717, 1.165) is 22.3 Å². The van der Waals surface area contributed by atoms with Crippen LogP contribution in [-0.2, 0) is 22.9 Å². The highest BCUT2D eigenvalue weighted by Gasteiger charge is 2.29. The van der Waals surface area contributed by atoms with Gasteiger partial charge in [0.15, 0.2) is 0 Å². The molecule has 0 radical (unpaired) electrons. The average molecular weight is 587 g/mol. The summed E-state index contributed by atoms with van der Waals surface area (Å²) < 4.78 is 51.8. The zero-order chi connectivity index (χ0) is 29.4. The predicted octanol–water partition coefficient (Wildman–Crippen LogP) is 7.89. The maximum Gasteiger partial charge on any atom is 0.527 e. The Kier molecular flexibility index (Phi) is 12.7. The minimum Gasteiger partial charge on any atom is -0.404 e. The van der Waals surface area contributed by atoms with E-state index < -0.39 is 15.6 Å². The van der Waals surface area contributed by atoms with Crippen LogP contribution in [0.15, 0.2) is 36.4 Å². The number of para-hydroxylation sites is 2. The second kappa shape index (κ2) is 14.8. The first-order valence-electron chi connectivity index (χ1n) is 13.3. The third kappa shape index (κ3) is 10.3. The van der Waals surface area contributed by atoms with Crippen LogP contribution in [0, 0.1) is 0 Å². The second-order valence-electron chi connectivity index (χ2n) is 10.5. The molecular formula is C28H44O9P2. The van der Waals surface area contributed by atoms with E-state index in [1.165, 1.54) is 0 Å². The molecule has 2 unspecified atom stereocenters. The molecule has 220 valence electrons. The van der Waals surface area contributed by atoms with Crippen molar-refractivity contribution in [1.29, 1.82) is 0 Å². The lowest BCUT2D eigenvalue weighted by Crippen LogP contribution is -2.11. The summed E-state index contributed by atoms with van der Waals surface area (Å²) in [5, 5.41) is 0. The molecule has 2 aromatic carbocycles. The number of phosphoric ester groups is 2. The first-order chi connectivity index (χ1) is 18.1. The average Bonchev–Trinajstić information content (AvgIpc) is 2.82. The number of rotatable bonds is 16. The van der Waals surface area contributed by atoms with Gasteiger partial charge in [0.1, 0.15) is 11.5 Å². The zero-order valence-corrected chi connectivity index (χ0v) is 26.0. The molecule has 39 heavy (non-hydrogen) atoms. The molecule has 0 amide bonds. The van der Waals surface area contributed by atoms with Crippen molar-refractivity contribution in [3.8, 4) is 11.5 Å². The lowest BCUT2D eigenvalue weighted by Gasteiger charge is -2.22. The lowest BCUT2D eigenvalue weighted by molar-refractivity contribution is 0.0607. The molecule has 11 heteroatoms. The summed E-state index contributed by atoms with van der Waals surface area (Å²) in [7, 11) is -8.82. The van der Waals surface area contributed by atoms with Crippen LogP contribution in [0.3, 0.4) is 0 Å². The van der Waals surface area contributed by atoms with Crippen molar-refractivity contribution in [1.82, 2.24) is 0 Å². The summed E-state index contributed by atoms with van der Waals surface area (Å²) in [6, 6.07) is 11.3. The minimum atomic E-state index is -4.41. The summed E-state index contributed by atoms with van der Waals surface area (Å²) in [6.07, 6.45) is 0. The van der Waals surface area contributed by atoms with Crippen LogP contribution in [-0.4, -0.2) is 36.2 Å². The van der Waals surface area contributed by atoms with Crippen molar-refractivity contribution in [2.75, 3.05) is 26.4 Å². The molecule has 9 nitrogen and oxygen atoms in total. The predicted molar refractivity (Wildman–Crippen MR) is 153 cm³/mol. The summed E-state index contributed by atoms with van der Waals surface area (Å²) in [5.74, 6) is 1.07. The summed E-state index contributed by atoms with van der Waals surface area (Å²) in [4.78, 5) is 20.6. The monoisotopic (exact) mass is 586 g/mol. The molecule has 0 fully saturated rings. The number of benzene rings is 2. The van der Waals surface area contributed by atoms with E-state index in [1.807, 2.05) is 91.8 Å². The Hall–Kier alpha value is -1.70. The van der Waals surface area contributed by atoms with Gasteiger partial charge in [-0.3, -0.25) is 18.8 Å². The van der Waals surface area contributed by atoms with Crippen LogP contribution in [0.2, 0.25) is 0 Å². The molecule has 0 bridgehead atoms. The molecule has 2 N–H and O–H groups in total. The molecule has 0 spiro atoms. The van der Waals surface area contributed by atoms with Gasteiger partial charge < -0.3 is 13.8 Å². The third-order valence-electron chi connectivity index (χ3n) is 6.02. The van der Waals surface area contributed by atoms with Gasteiger partial charge in [-0.25, -0.2) is 9.13 Å². The fourth-order valence-electron chi connectivity index (χ4n) is 3.98. The van der Waals surface area contributed by atoms with Crippen LogP contribution in [0.5, 0.6) is 11.5 Å². The Morgan fingerprint density at radius 3 is 1.10 bits per heavy atom. The molecule has 0 aliphatic carbocycles. The Bertz CT molecular complexity index is 1020. The molecule has 0 heterocycles. The van der Waals surface area contributed by atoms with Crippen LogP contribution < -0.4 is 9.05 Å². The molecule has 2 aromatic rings. The van der Waals surface area contributed by atoms with E-state index in [-0.39, 0.29) is 50.1 Å². The maximum atomic E-state index is 12.6. The van der Waals surface area contributed by atoms with Crippen molar-refractivity contribution >= 4 is 15.6 Å². The van der Waals surface area contributed by atoms with Crippen molar-refractivity contribution in [2.24, 2.45) is 0 Å². The van der Waals surface area contributed by atoms with Gasteiger partial charge in [0.2, 0.25) is 0 Å². The highest BCUT2D eigenvalue weighted by molar-refractivity contribution is 7.48. The van der Waals surface area contributed by atoms with E-state index in [0.29, 0.717) is 11.5 Å². The lowest BCUT2D eigenvalue weighted by atomic mass is 9.94. The van der Waals surface area contributed by atoms with Gasteiger partial charge in [-0.05, 0) is 45.9 Å². The molecular weight excluding hydrogens is 542 g/mol. The highest BCUT2D eigenvalue weighted by atomic mass is 31.2. The Balaban J connectivity index is 1.86. The van der Waals surface area contributed by atoms with Gasteiger partial charge in [0.05, 0.1) is 26.4 Å². The number of hydrogen-bond acceptors (Lipinski definition) is 7. The van der Waals surface area contributed by atoms with E-state index in [2.05, 4.69) is 0 Å². The van der Waals surface area contributed by atoms with E-state index in [4.69, 9.17) is 22.8 Å². The molecule has 0 aliphatic rings. The van der Waals surface area contributed by atoms with Crippen LogP contribution in [0.4, 0.5) is 0 Å². The molecule has 0 saturated heterocycles. The van der Waals surface area contributed by atoms with Crippen molar-refractivity contribution < 1.29 is 41.7 Å². The molecule has 0 aliphatic heterocycles. The number of hydrogen-bond donors (Lipinski definition) is 2. The summed E-state index contributed by atoms with van der Waals surface area (Å²) in [5.41, 5.74) is 3.28. The van der Waals surface area contributed by atoms with Crippen LogP contribution >= 0.6 is 15.6 Å². The van der Waals surface area contributed by atoms with Crippen molar-refractivity contribution in [2.45, 2.75) is 79.1 Å². The van der Waals surface area contributed by atoms with Crippen LogP contribution in [0.1, 0.15) is 101 Å². The van der Waals surface area contributed by atoms with Gasteiger partial charge in [0.25, 0.3) is 0 Å². The van der Waals surface area contributed by atoms with Gasteiger partial charge in [-0.2, -0.15) is 0 Å². The quantitative estimate of drug-likeness (QED) is 0.149. The zero-order valence-electron chi connectivity index (χ0n) is 24.2. The smallest absolute Gasteiger partial charge is 0.404 e. The SMILES string of the molecule is CC(C)c1cccc(C(C)C)c1OP(=O)(O)OCCOCCOP(=O)(O)Oc1c(C(C)C)cccc1C(C)C. The Labute approximate surface area is 233 Å². The first-order valence-corrected chi connectivity index (χ1v) is 16.3. The van der Waals surface area contributed by atoms with E-state index in [9.17, 15) is 18.9 Å². The fourth-order valence-corrected chi connectivity index (χ4v) is 5.58. The highest BCUT2D eigenvalue weighted by Crippen LogP contribution is 2.49. The third-order valence-corrected chi connectivity index (χ3v) is 7.86.